The fourth-order valence-electron chi connectivity index (χ4n) is 3.18. The summed E-state index contributed by atoms with van der Waals surface area (Å²) in [5.41, 5.74) is 5.92. The van der Waals surface area contributed by atoms with Gasteiger partial charge in [0.05, 0.1) is 22.8 Å². The van der Waals surface area contributed by atoms with Crippen molar-refractivity contribution in [3.63, 3.8) is 0 Å². The Bertz CT molecular complexity index is 1220. The Morgan fingerprint density at radius 1 is 0.471 bits per heavy atom. The first-order valence-electron chi connectivity index (χ1n) is 10.9. The highest BCUT2D eigenvalue weighted by Gasteiger charge is 2.15. The van der Waals surface area contributed by atoms with Crippen LogP contribution >= 0.6 is 0 Å². The van der Waals surface area contributed by atoms with Gasteiger partial charge in [-0.3, -0.25) is 9.97 Å². The van der Waals surface area contributed by atoms with Crippen molar-refractivity contribution >= 4 is 22.8 Å². The molecule has 0 bridgehead atoms. The summed E-state index contributed by atoms with van der Waals surface area (Å²) in [5, 5.41) is 18.3. The smallest absolute Gasteiger partial charge is 0.121 e. The molecule has 0 unspecified atom stereocenters. The van der Waals surface area contributed by atoms with Crippen LogP contribution in [0.1, 0.15) is 36.4 Å². The normalized spacial score (nSPS) is 13.1. The lowest BCUT2D eigenvalue weighted by Gasteiger charge is -2.09. The molecule has 0 saturated heterocycles. The predicted molar refractivity (Wildman–Crippen MR) is 139 cm³/mol. The van der Waals surface area contributed by atoms with Gasteiger partial charge in [0.25, 0.3) is 0 Å². The maximum absolute atomic E-state index is 4.65. The molecule has 4 rings (SSSR count). The molecule has 34 heavy (non-hydrogen) atoms. The van der Waals surface area contributed by atoms with Crippen LogP contribution in [0.2, 0.25) is 0 Å². The van der Waals surface area contributed by atoms with Gasteiger partial charge in [-0.05, 0) is 38.1 Å². The van der Waals surface area contributed by atoms with Gasteiger partial charge >= 0.3 is 0 Å². The molecule has 0 N–H and O–H groups in total. The number of hydrogen-bond donors (Lipinski definition) is 0. The lowest BCUT2D eigenvalue weighted by molar-refractivity contribution is 1.18. The standard InChI is InChI=1S/C28H24N6/c1-21(25-17-9-11-19-29-25)31-33-27(23-13-5-3-6-14-23)28(24-15-7-4-8-16-24)34-32-22(2)26-18-10-12-20-30-26/h3-20H,1-2H3/b31-21+,32-22+,33-27+,34-28+. The van der Waals surface area contributed by atoms with Gasteiger partial charge in [0.2, 0.25) is 0 Å². The fourth-order valence-corrected chi connectivity index (χ4v) is 3.18. The lowest BCUT2D eigenvalue weighted by Crippen LogP contribution is -2.17. The van der Waals surface area contributed by atoms with Crippen molar-refractivity contribution in [1.29, 1.82) is 0 Å². The zero-order chi connectivity index (χ0) is 23.6. The second-order valence-electron chi connectivity index (χ2n) is 7.43. The molecule has 0 aliphatic heterocycles. The Balaban J connectivity index is 1.85. The average Bonchev–Trinajstić information content (AvgIpc) is 2.92. The summed E-state index contributed by atoms with van der Waals surface area (Å²) in [6, 6.07) is 31.1. The molecule has 0 radical (unpaired) electrons. The summed E-state index contributed by atoms with van der Waals surface area (Å²) in [5.74, 6) is 0. The molecule has 0 fully saturated rings. The van der Waals surface area contributed by atoms with Crippen molar-refractivity contribution in [3.8, 4) is 0 Å². The van der Waals surface area contributed by atoms with Gasteiger partial charge in [-0.2, -0.15) is 10.2 Å². The molecule has 6 nitrogen and oxygen atoms in total. The van der Waals surface area contributed by atoms with Crippen LogP contribution in [0.3, 0.4) is 0 Å². The van der Waals surface area contributed by atoms with Crippen molar-refractivity contribution in [2.24, 2.45) is 20.4 Å². The molecule has 2 aromatic carbocycles. The van der Waals surface area contributed by atoms with E-state index in [2.05, 4.69) is 30.4 Å². The minimum atomic E-state index is 0.611. The molecule has 0 atom stereocenters. The minimum absolute atomic E-state index is 0.611. The van der Waals surface area contributed by atoms with Gasteiger partial charge in [0.15, 0.2) is 0 Å². The molecule has 6 heteroatoms. The first-order chi connectivity index (χ1) is 16.7. The average molecular weight is 445 g/mol. The molecule has 0 spiro atoms. The van der Waals surface area contributed by atoms with E-state index in [1.165, 1.54) is 0 Å². The summed E-state index contributed by atoms with van der Waals surface area (Å²) in [6.45, 7) is 3.77. The summed E-state index contributed by atoms with van der Waals surface area (Å²) in [4.78, 5) is 8.73. The SMILES string of the molecule is C\C(=N/N=C(/C(=N/N=C(\C)c1ccccn1)c1ccccc1)c1ccccc1)c1ccccn1. The summed E-state index contributed by atoms with van der Waals surface area (Å²) in [6.07, 6.45) is 3.48. The third-order valence-electron chi connectivity index (χ3n) is 4.99. The van der Waals surface area contributed by atoms with Crippen molar-refractivity contribution in [2.75, 3.05) is 0 Å². The van der Waals surface area contributed by atoms with Crippen molar-refractivity contribution < 1.29 is 0 Å². The lowest BCUT2D eigenvalue weighted by atomic mass is 10.00. The highest BCUT2D eigenvalue weighted by atomic mass is 15.2. The Morgan fingerprint density at radius 3 is 1.21 bits per heavy atom. The second-order valence-corrected chi connectivity index (χ2v) is 7.43. The van der Waals surface area contributed by atoms with E-state index >= 15 is 0 Å². The number of rotatable bonds is 7. The third-order valence-corrected chi connectivity index (χ3v) is 4.99. The van der Waals surface area contributed by atoms with E-state index in [0.717, 1.165) is 22.5 Å². The van der Waals surface area contributed by atoms with Crippen LogP contribution < -0.4 is 0 Å². The van der Waals surface area contributed by atoms with Gasteiger partial charge in [0.1, 0.15) is 11.4 Å². The van der Waals surface area contributed by atoms with E-state index in [0.29, 0.717) is 22.8 Å². The van der Waals surface area contributed by atoms with Crippen LogP contribution in [0.4, 0.5) is 0 Å². The monoisotopic (exact) mass is 444 g/mol. The molecular weight excluding hydrogens is 420 g/mol. The number of benzene rings is 2. The van der Waals surface area contributed by atoms with Gasteiger partial charge in [-0.25, -0.2) is 0 Å². The van der Waals surface area contributed by atoms with Crippen molar-refractivity contribution in [1.82, 2.24) is 9.97 Å². The van der Waals surface area contributed by atoms with E-state index in [1.54, 1.807) is 12.4 Å². The second kappa shape index (κ2) is 11.3. The highest BCUT2D eigenvalue weighted by molar-refractivity contribution is 6.53. The van der Waals surface area contributed by atoms with Gasteiger partial charge in [0, 0.05) is 23.5 Å². The first-order valence-corrected chi connectivity index (χ1v) is 10.9. The zero-order valence-corrected chi connectivity index (χ0v) is 19.1. The maximum Gasteiger partial charge on any atom is 0.121 e. The topological polar surface area (TPSA) is 75.2 Å². The number of nitrogens with zero attached hydrogens (tertiary/aromatic N) is 6. The van der Waals surface area contributed by atoms with Gasteiger partial charge < -0.3 is 0 Å². The molecule has 2 heterocycles. The van der Waals surface area contributed by atoms with Crippen LogP contribution in [0.15, 0.2) is 130 Å². The largest absolute Gasteiger partial charge is 0.255 e. The summed E-state index contributed by atoms with van der Waals surface area (Å²) >= 11 is 0. The molecule has 166 valence electrons. The summed E-state index contributed by atoms with van der Waals surface area (Å²) in [7, 11) is 0. The molecule has 0 aliphatic carbocycles. The molecule has 0 amide bonds. The zero-order valence-electron chi connectivity index (χ0n) is 19.1. The number of hydrogen-bond acceptors (Lipinski definition) is 6. The van der Waals surface area contributed by atoms with E-state index in [1.807, 2.05) is 111 Å². The van der Waals surface area contributed by atoms with Crippen LogP contribution in [0.25, 0.3) is 0 Å². The fraction of sp³-hybridized carbons (Fsp3) is 0.0714. The van der Waals surface area contributed by atoms with E-state index in [9.17, 15) is 0 Å². The van der Waals surface area contributed by atoms with E-state index in [4.69, 9.17) is 0 Å². The van der Waals surface area contributed by atoms with Crippen LogP contribution in [-0.2, 0) is 0 Å². The molecule has 0 aliphatic rings. The van der Waals surface area contributed by atoms with E-state index in [-0.39, 0.29) is 0 Å². The minimum Gasteiger partial charge on any atom is -0.255 e. The van der Waals surface area contributed by atoms with Crippen LogP contribution in [0.5, 0.6) is 0 Å². The molecule has 4 aromatic rings. The van der Waals surface area contributed by atoms with Crippen molar-refractivity contribution in [3.05, 3.63) is 132 Å². The van der Waals surface area contributed by atoms with E-state index < -0.39 is 0 Å². The first kappa shape index (κ1) is 22.6. The Kier molecular flexibility index (Phi) is 7.54. The Labute approximate surface area is 199 Å². The molecule has 2 aromatic heterocycles. The van der Waals surface area contributed by atoms with Crippen LogP contribution in [0, 0.1) is 0 Å². The molecular formula is C28H24N6. The summed E-state index contributed by atoms with van der Waals surface area (Å²) < 4.78 is 0. The maximum atomic E-state index is 4.65. The van der Waals surface area contributed by atoms with Gasteiger partial charge in [-0.15, -0.1) is 10.2 Å². The number of aromatic nitrogens is 2. The van der Waals surface area contributed by atoms with Gasteiger partial charge in [-0.1, -0.05) is 72.8 Å². The number of pyridine rings is 2. The highest BCUT2D eigenvalue weighted by Crippen LogP contribution is 2.12. The van der Waals surface area contributed by atoms with Crippen LogP contribution in [-0.4, -0.2) is 32.8 Å². The Morgan fingerprint density at radius 2 is 0.853 bits per heavy atom. The predicted octanol–water partition coefficient (Wildman–Crippen LogP) is 5.60. The Hall–Kier alpha value is -4.58. The quantitative estimate of drug-likeness (QED) is 0.275. The van der Waals surface area contributed by atoms with Crippen molar-refractivity contribution in [2.45, 2.75) is 13.8 Å². The molecule has 0 saturated carbocycles. The third kappa shape index (κ3) is 5.81.